The van der Waals surface area contributed by atoms with Gasteiger partial charge in [0.1, 0.15) is 19.0 Å². The molecule has 0 aromatic heterocycles. The van der Waals surface area contributed by atoms with Gasteiger partial charge in [-0.1, -0.05) is 12.1 Å². The molecule has 0 bridgehead atoms. The van der Waals surface area contributed by atoms with E-state index in [0.29, 0.717) is 30.4 Å². The van der Waals surface area contributed by atoms with Crippen molar-refractivity contribution in [1.82, 2.24) is 0 Å². The minimum absolute atomic E-state index is 0.0848. The monoisotopic (exact) mass is 384 g/mol. The van der Waals surface area contributed by atoms with Crippen LogP contribution in [0.5, 0.6) is 11.5 Å². The number of hydrogen-bond donors (Lipinski definition) is 0. The summed E-state index contributed by atoms with van der Waals surface area (Å²) < 4.78 is 29.6. The fourth-order valence-corrected chi connectivity index (χ4v) is 2.67. The number of esters is 1. The molecule has 2 aromatic rings. The second-order valence-electron chi connectivity index (χ2n) is 5.84. The summed E-state index contributed by atoms with van der Waals surface area (Å²) in [5, 5.41) is 8.87. The summed E-state index contributed by atoms with van der Waals surface area (Å²) in [6.45, 7) is 0.345. The number of amides is 1. The lowest BCUT2D eigenvalue weighted by atomic mass is 10.2. The van der Waals surface area contributed by atoms with E-state index >= 15 is 0 Å². The van der Waals surface area contributed by atoms with Gasteiger partial charge in [-0.2, -0.15) is 5.26 Å². The molecule has 0 spiro atoms. The highest BCUT2D eigenvalue weighted by Gasteiger charge is 2.21. The van der Waals surface area contributed by atoms with E-state index in [1.165, 1.54) is 23.1 Å². The van der Waals surface area contributed by atoms with Crippen molar-refractivity contribution in [2.24, 2.45) is 0 Å². The maximum absolute atomic E-state index is 13.7. The summed E-state index contributed by atoms with van der Waals surface area (Å²) in [5.41, 5.74) is 0.227. The van der Waals surface area contributed by atoms with Crippen molar-refractivity contribution in [2.75, 3.05) is 31.3 Å². The van der Waals surface area contributed by atoms with E-state index in [1.54, 1.807) is 18.2 Å². The van der Waals surface area contributed by atoms with Gasteiger partial charge in [0.15, 0.2) is 18.1 Å². The summed E-state index contributed by atoms with van der Waals surface area (Å²) in [7, 11) is 0. The molecule has 28 heavy (non-hydrogen) atoms. The van der Waals surface area contributed by atoms with Crippen molar-refractivity contribution in [3.63, 3.8) is 0 Å². The van der Waals surface area contributed by atoms with Crippen LogP contribution in [0.3, 0.4) is 0 Å². The summed E-state index contributed by atoms with van der Waals surface area (Å²) in [6, 6.07) is 12.3. The van der Waals surface area contributed by atoms with Crippen LogP contribution in [0.4, 0.5) is 10.1 Å². The van der Waals surface area contributed by atoms with Crippen molar-refractivity contribution in [3.05, 3.63) is 53.8 Å². The van der Waals surface area contributed by atoms with Crippen LogP contribution in [-0.2, 0) is 9.53 Å². The van der Waals surface area contributed by atoms with Crippen molar-refractivity contribution in [2.45, 2.75) is 6.42 Å². The zero-order valence-electron chi connectivity index (χ0n) is 14.9. The molecule has 2 aromatic carbocycles. The maximum Gasteiger partial charge on any atom is 0.341 e. The summed E-state index contributed by atoms with van der Waals surface area (Å²) in [4.78, 5) is 25.9. The Kier molecular flexibility index (Phi) is 6.07. The highest BCUT2D eigenvalue weighted by Crippen LogP contribution is 2.34. The van der Waals surface area contributed by atoms with Crippen LogP contribution >= 0.6 is 0 Å². The molecule has 0 saturated carbocycles. The maximum atomic E-state index is 13.7. The SMILES string of the molecule is N#CCCN(C(=O)COC(=O)c1ccccc1F)c1ccc2c(c1)OCCO2. The second kappa shape index (κ2) is 8.86. The van der Waals surface area contributed by atoms with Crippen molar-refractivity contribution < 1.29 is 28.2 Å². The third-order valence-corrected chi connectivity index (χ3v) is 4.01. The first-order valence-corrected chi connectivity index (χ1v) is 8.59. The lowest BCUT2D eigenvalue weighted by Crippen LogP contribution is -2.35. The van der Waals surface area contributed by atoms with Gasteiger partial charge in [0, 0.05) is 18.3 Å². The molecule has 0 aliphatic carbocycles. The summed E-state index contributed by atoms with van der Waals surface area (Å²) >= 11 is 0. The molecule has 1 aliphatic heterocycles. The minimum Gasteiger partial charge on any atom is -0.486 e. The van der Waals surface area contributed by atoms with Crippen LogP contribution in [0.1, 0.15) is 16.8 Å². The number of nitrogens with zero attached hydrogens (tertiary/aromatic N) is 2. The lowest BCUT2D eigenvalue weighted by molar-refractivity contribution is -0.121. The number of fused-ring (bicyclic) bond motifs is 1. The zero-order chi connectivity index (χ0) is 19.9. The van der Waals surface area contributed by atoms with Gasteiger partial charge in [0.25, 0.3) is 5.91 Å². The standard InChI is InChI=1S/C20H17FN2O5/c21-16-5-2-1-4-15(16)20(25)28-13-19(24)23(9-3-8-22)14-6-7-17-18(12-14)27-11-10-26-17/h1-2,4-7,12H,3,9-11,13H2. The van der Waals surface area contributed by atoms with Gasteiger partial charge in [-0.3, -0.25) is 4.79 Å². The molecule has 144 valence electrons. The lowest BCUT2D eigenvalue weighted by Gasteiger charge is -2.24. The Morgan fingerprint density at radius 1 is 1.14 bits per heavy atom. The number of benzene rings is 2. The van der Waals surface area contributed by atoms with Crippen LogP contribution < -0.4 is 14.4 Å². The number of anilines is 1. The summed E-state index contributed by atoms with van der Waals surface area (Å²) in [5.74, 6) is -1.16. The van der Waals surface area contributed by atoms with Gasteiger partial charge in [0.2, 0.25) is 0 Å². The fourth-order valence-electron chi connectivity index (χ4n) is 2.67. The van der Waals surface area contributed by atoms with Gasteiger partial charge in [-0.25, -0.2) is 9.18 Å². The number of rotatable bonds is 6. The molecule has 1 heterocycles. The number of carbonyl (C=O) groups is 2. The fraction of sp³-hybridized carbons (Fsp3) is 0.250. The van der Waals surface area contributed by atoms with Crippen molar-refractivity contribution in [1.29, 1.82) is 5.26 Å². The van der Waals surface area contributed by atoms with Gasteiger partial charge in [-0.15, -0.1) is 0 Å². The number of halogens is 1. The van der Waals surface area contributed by atoms with Crippen molar-refractivity contribution in [3.8, 4) is 17.6 Å². The molecule has 8 heteroatoms. The van der Waals surface area contributed by atoms with Gasteiger partial charge >= 0.3 is 5.97 Å². The Hall–Kier alpha value is -3.60. The van der Waals surface area contributed by atoms with Crippen LogP contribution in [-0.4, -0.2) is 38.2 Å². The molecule has 0 atom stereocenters. The highest BCUT2D eigenvalue weighted by molar-refractivity contribution is 5.97. The van der Waals surface area contributed by atoms with E-state index in [-0.39, 0.29) is 18.5 Å². The van der Waals surface area contributed by atoms with E-state index < -0.39 is 24.3 Å². The Bertz CT molecular complexity index is 925. The highest BCUT2D eigenvalue weighted by atomic mass is 19.1. The van der Waals surface area contributed by atoms with E-state index in [0.717, 1.165) is 6.07 Å². The Morgan fingerprint density at radius 3 is 2.64 bits per heavy atom. The molecule has 7 nitrogen and oxygen atoms in total. The van der Waals surface area contributed by atoms with Crippen LogP contribution in [0.2, 0.25) is 0 Å². The van der Waals surface area contributed by atoms with Gasteiger partial charge < -0.3 is 19.1 Å². The first kappa shape index (κ1) is 19.2. The normalized spacial score (nSPS) is 12.0. The molecule has 0 fully saturated rings. The molecule has 3 rings (SSSR count). The molecule has 1 aliphatic rings. The van der Waals surface area contributed by atoms with Crippen LogP contribution in [0.15, 0.2) is 42.5 Å². The first-order valence-electron chi connectivity index (χ1n) is 8.59. The average Bonchev–Trinajstić information content (AvgIpc) is 2.72. The van der Waals surface area contributed by atoms with Gasteiger partial charge in [0.05, 0.1) is 18.1 Å². The number of hydrogen-bond acceptors (Lipinski definition) is 6. The molecule has 0 saturated heterocycles. The molecular formula is C20H17FN2O5. The quantitative estimate of drug-likeness (QED) is 0.712. The largest absolute Gasteiger partial charge is 0.486 e. The minimum atomic E-state index is -0.936. The predicted molar refractivity (Wildman–Crippen MR) is 96.7 cm³/mol. The number of carbonyl (C=O) groups excluding carboxylic acids is 2. The smallest absolute Gasteiger partial charge is 0.341 e. The van der Waals surface area contributed by atoms with Crippen molar-refractivity contribution >= 4 is 17.6 Å². The number of nitriles is 1. The second-order valence-corrected chi connectivity index (χ2v) is 5.84. The van der Waals surface area contributed by atoms with Gasteiger partial charge in [-0.05, 0) is 24.3 Å². The Morgan fingerprint density at radius 2 is 1.89 bits per heavy atom. The average molecular weight is 384 g/mol. The third kappa shape index (κ3) is 4.38. The van der Waals surface area contributed by atoms with E-state index in [1.807, 2.05) is 6.07 Å². The Labute approximate surface area is 160 Å². The molecule has 0 radical (unpaired) electrons. The van der Waals surface area contributed by atoms with E-state index in [4.69, 9.17) is 19.5 Å². The molecule has 0 N–H and O–H groups in total. The Balaban J connectivity index is 1.72. The number of ether oxygens (including phenoxy) is 3. The van der Waals surface area contributed by atoms with Crippen LogP contribution in [0.25, 0.3) is 0 Å². The summed E-state index contributed by atoms with van der Waals surface area (Å²) in [6.07, 6.45) is 0.0848. The molecular weight excluding hydrogens is 367 g/mol. The van der Waals surface area contributed by atoms with E-state index in [2.05, 4.69) is 0 Å². The first-order chi connectivity index (χ1) is 13.6. The third-order valence-electron chi connectivity index (χ3n) is 4.01. The molecule has 0 unspecified atom stereocenters. The van der Waals surface area contributed by atoms with E-state index in [9.17, 15) is 14.0 Å². The topological polar surface area (TPSA) is 88.9 Å². The van der Waals surface area contributed by atoms with Crippen LogP contribution in [0, 0.1) is 17.1 Å². The zero-order valence-corrected chi connectivity index (χ0v) is 14.9. The predicted octanol–water partition coefficient (Wildman–Crippen LogP) is 2.70. The molecule has 1 amide bonds.